The first kappa shape index (κ1) is 15.4. The average Bonchev–Trinajstić information content (AvgIpc) is 2.81. The maximum atomic E-state index is 12.2. The van der Waals surface area contributed by atoms with Gasteiger partial charge in [0, 0.05) is 46.1 Å². The third-order valence-corrected chi connectivity index (χ3v) is 3.35. The van der Waals surface area contributed by atoms with Crippen LogP contribution in [0.3, 0.4) is 0 Å². The third kappa shape index (κ3) is 4.21. The predicted octanol–water partition coefficient (Wildman–Crippen LogP) is 1.31. The van der Waals surface area contributed by atoms with E-state index >= 15 is 0 Å². The largest absolute Gasteiger partial charge is 0.385 e. The molecule has 0 saturated carbocycles. The summed E-state index contributed by atoms with van der Waals surface area (Å²) in [7, 11) is 3.57. The van der Waals surface area contributed by atoms with Crippen LogP contribution < -0.4 is 5.32 Å². The first-order valence-corrected chi connectivity index (χ1v) is 6.40. The van der Waals surface area contributed by atoms with Gasteiger partial charge in [-0.25, -0.2) is 4.98 Å². The van der Waals surface area contributed by atoms with Crippen LogP contribution in [0.4, 0.5) is 0 Å². The first-order chi connectivity index (χ1) is 9.03. The zero-order valence-corrected chi connectivity index (χ0v) is 12.0. The number of nitrogens with one attached hydrogen (secondary N) is 1. The minimum atomic E-state index is -0.586. The van der Waals surface area contributed by atoms with Crippen molar-refractivity contribution >= 4 is 5.91 Å². The van der Waals surface area contributed by atoms with E-state index in [1.54, 1.807) is 19.4 Å². The molecular formula is C14H23N3O2. The molecule has 1 heterocycles. The molecule has 0 aliphatic heterocycles. The zero-order chi connectivity index (χ0) is 14.3. The van der Waals surface area contributed by atoms with Crippen LogP contribution >= 0.6 is 0 Å². The molecule has 1 aromatic heterocycles. The van der Waals surface area contributed by atoms with Gasteiger partial charge in [-0.3, -0.25) is 4.79 Å². The van der Waals surface area contributed by atoms with Crippen LogP contribution in [0.1, 0.15) is 19.2 Å². The second kappa shape index (κ2) is 7.09. The molecule has 0 spiro atoms. The highest BCUT2D eigenvalue weighted by Gasteiger charge is 2.28. The standard InChI is InChI=1S/C14H23N3O2/c1-5-14(2,7-11-19-4)13(18)16-8-6-12-15-9-10-17(12)3/h5,9-10H,1,6-8,11H2,2-4H3,(H,16,18). The fourth-order valence-corrected chi connectivity index (χ4v) is 1.75. The van der Waals surface area contributed by atoms with E-state index in [0.29, 0.717) is 26.0 Å². The molecule has 1 N–H and O–H groups in total. The Morgan fingerprint density at radius 2 is 2.42 bits per heavy atom. The molecule has 5 heteroatoms. The van der Waals surface area contributed by atoms with Gasteiger partial charge < -0.3 is 14.6 Å². The van der Waals surface area contributed by atoms with Crippen LogP contribution in [0.25, 0.3) is 0 Å². The van der Waals surface area contributed by atoms with Gasteiger partial charge in [-0.15, -0.1) is 6.58 Å². The lowest BCUT2D eigenvalue weighted by molar-refractivity contribution is -0.128. The summed E-state index contributed by atoms with van der Waals surface area (Å²) in [5, 5.41) is 2.93. The number of rotatable bonds is 8. The summed E-state index contributed by atoms with van der Waals surface area (Å²) in [5.74, 6) is 0.936. The molecule has 1 amide bonds. The van der Waals surface area contributed by atoms with E-state index in [4.69, 9.17) is 4.74 Å². The second-order valence-electron chi connectivity index (χ2n) is 4.82. The SMILES string of the molecule is C=CC(C)(CCOC)C(=O)NCCc1nccn1C. The smallest absolute Gasteiger partial charge is 0.229 e. The van der Waals surface area contributed by atoms with Gasteiger partial charge in [0.1, 0.15) is 5.82 Å². The first-order valence-electron chi connectivity index (χ1n) is 6.40. The van der Waals surface area contributed by atoms with Gasteiger partial charge in [0.25, 0.3) is 0 Å². The van der Waals surface area contributed by atoms with Gasteiger partial charge in [-0.05, 0) is 13.3 Å². The molecule has 1 atom stereocenters. The summed E-state index contributed by atoms with van der Waals surface area (Å²) >= 11 is 0. The number of aromatic nitrogens is 2. The maximum Gasteiger partial charge on any atom is 0.229 e. The molecule has 0 bridgehead atoms. The Hall–Kier alpha value is -1.62. The van der Waals surface area contributed by atoms with Gasteiger partial charge >= 0.3 is 0 Å². The minimum Gasteiger partial charge on any atom is -0.385 e. The molecule has 1 aromatic rings. The molecule has 1 unspecified atom stereocenters. The van der Waals surface area contributed by atoms with Crippen molar-refractivity contribution < 1.29 is 9.53 Å². The van der Waals surface area contributed by atoms with Crippen molar-refractivity contribution in [2.45, 2.75) is 19.8 Å². The van der Waals surface area contributed by atoms with Gasteiger partial charge in [0.15, 0.2) is 0 Å². The van der Waals surface area contributed by atoms with Crippen LogP contribution in [0.15, 0.2) is 25.0 Å². The summed E-state index contributed by atoms with van der Waals surface area (Å²) in [6, 6.07) is 0. The Bertz CT molecular complexity index is 428. The predicted molar refractivity (Wildman–Crippen MR) is 74.7 cm³/mol. The molecule has 5 nitrogen and oxygen atoms in total. The second-order valence-corrected chi connectivity index (χ2v) is 4.82. The van der Waals surface area contributed by atoms with Crippen molar-refractivity contribution in [3.05, 3.63) is 30.9 Å². The van der Waals surface area contributed by atoms with Gasteiger partial charge in [0.2, 0.25) is 5.91 Å². The summed E-state index contributed by atoms with van der Waals surface area (Å²) in [6.07, 6.45) is 6.67. The molecule has 0 aliphatic carbocycles. The molecule has 106 valence electrons. The monoisotopic (exact) mass is 265 g/mol. The molecular weight excluding hydrogens is 242 g/mol. The van der Waals surface area contributed by atoms with Crippen LogP contribution in [-0.2, 0) is 23.0 Å². The number of carbonyl (C=O) groups excluding carboxylic acids is 1. The topological polar surface area (TPSA) is 56.1 Å². The quantitative estimate of drug-likeness (QED) is 0.721. The van der Waals surface area contributed by atoms with Crippen molar-refractivity contribution in [1.82, 2.24) is 14.9 Å². The molecule has 1 rings (SSSR count). The van der Waals surface area contributed by atoms with Crippen molar-refractivity contribution in [1.29, 1.82) is 0 Å². The van der Waals surface area contributed by atoms with Crippen molar-refractivity contribution in [3.63, 3.8) is 0 Å². The number of imidazole rings is 1. The summed E-state index contributed by atoms with van der Waals surface area (Å²) in [4.78, 5) is 16.4. The van der Waals surface area contributed by atoms with Crippen molar-refractivity contribution in [2.24, 2.45) is 12.5 Å². The summed E-state index contributed by atoms with van der Waals surface area (Å²) in [5.41, 5.74) is -0.586. The number of hydrogen-bond acceptors (Lipinski definition) is 3. The van der Waals surface area contributed by atoms with E-state index in [9.17, 15) is 4.79 Å². The van der Waals surface area contributed by atoms with E-state index < -0.39 is 5.41 Å². The lowest BCUT2D eigenvalue weighted by Crippen LogP contribution is -2.39. The summed E-state index contributed by atoms with van der Waals surface area (Å²) < 4.78 is 6.98. The number of ether oxygens (including phenoxy) is 1. The Kier molecular flexibility index (Phi) is 5.76. The van der Waals surface area contributed by atoms with Gasteiger partial charge in [0.05, 0.1) is 5.41 Å². The lowest BCUT2D eigenvalue weighted by Gasteiger charge is -2.24. The molecule has 0 radical (unpaired) electrons. The number of aryl methyl sites for hydroxylation is 1. The zero-order valence-electron chi connectivity index (χ0n) is 12.0. The highest BCUT2D eigenvalue weighted by molar-refractivity contribution is 5.84. The van der Waals surface area contributed by atoms with Crippen molar-refractivity contribution in [2.75, 3.05) is 20.3 Å². The molecule has 19 heavy (non-hydrogen) atoms. The van der Waals surface area contributed by atoms with Crippen LogP contribution in [0.5, 0.6) is 0 Å². The third-order valence-electron chi connectivity index (χ3n) is 3.35. The molecule has 0 saturated heterocycles. The summed E-state index contributed by atoms with van der Waals surface area (Å²) in [6.45, 7) is 6.72. The van der Waals surface area contributed by atoms with E-state index in [1.807, 2.05) is 24.7 Å². The number of carbonyl (C=O) groups is 1. The fraction of sp³-hybridized carbons (Fsp3) is 0.571. The normalized spacial score (nSPS) is 13.8. The van der Waals surface area contributed by atoms with E-state index in [-0.39, 0.29) is 5.91 Å². The van der Waals surface area contributed by atoms with E-state index in [2.05, 4.69) is 16.9 Å². The fourth-order valence-electron chi connectivity index (χ4n) is 1.75. The number of nitrogens with zero attached hydrogens (tertiary/aromatic N) is 2. The highest BCUT2D eigenvalue weighted by atomic mass is 16.5. The molecule has 0 fully saturated rings. The number of hydrogen-bond donors (Lipinski definition) is 1. The molecule has 0 aromatic carbocycles. The van der Waals surface area contributed by atoms with E-state index in [1.165, 1.54) is 0 Å². The van der Waals surface area contributed by atoms with Gasteiger partial charge in [-0.2, -0.15) is 0 Å². The van der Waals surface area contributed by atoms with Crippen molar-refractivity contribution in [3.8, 4) is 0 Å². The number of methoxy groups -OCH3 is 1. The Labute approximate surface area is 114 Å². The Morgan fingerprint density at radius 1 is 1.68 bits per heavy atom. The Morgan fingerprint density at radius 3 is 2.95 bits per heavy atom. The maximum absolute atomic E-state index is 12.2. The van der Waals surface area contributed by atoms with Gasteiger partial charge in [-0.1, -0.05) is 6.08 Å². The minimum absolute atomic E-state index is 0.0197. The lowest BCUT2D eigenvalue weighted by atomic mass is 9.86. The van der Waals surface area contributed by atoms with E-state index in [0.717, 1.165) is 5.82 Å². The van der Waals surface area contributed by atoms with Crippen LogP contribution in [-0.4, -0.2) is 35.7 Å². The number of amides is 1. The van der Waals surface area contributed by atoms with Crippen LogP contribution in [0, 0.1) is 5.41 Å². The average molecular weight is 265 g/mol. The Balaban J connectivity index is 2.45. The molecule has 0 aliphatic rings. The highest BCUT2D eigenvalue weighted by Crippen LogP contribution is 2.22. The van der Waals surface area contributed by atoms with Crippen LogP contribution in [0.2, 0.25) is 0 Å².